The number of nitrogens with zero attached hydrogens (tertiary/aromatic N) is 4. The predicted octanol–water partition coefficient (Wildman–Crippen LogP) is 0.744. The van der Waals surface area contributed by atoms with Crippen LogP contribution in [-0.2, 0) is 19.2 Å². The molecule has 1 aromatic heterocycles. The zero-order valence-corrected chi connectivity index (χ0v) is 20.0. The summed E-state index contributed by atoms with van der Waals surface area (Å²) in [7, 11) is 0. The fourth-order valence-electron chi connectivity index (χ4n) is 2.88. The second-order valence-electron chi connectivity index (χ2n) is 6.54. The first-order valence-corrected chi connectivity index (χ1v) is 12.3. The van der Waals surface area contributed by atoms with Gasteiger partial charge < -0.3 is 26.7 Å². The van der Waals surface area contributed by atoms with E-state index in [0.717, 1.165) is 23.1 Å². The average Bonchev–Trinajstić information content (AvgIpc) is 3.20. The maximum Gasteiger partial charge on any atom is 0.353 e. The lowest BCUT2D eigenvalue weighted by atomic mass is 10.0. The number of oxime groups is 1. The minimum atomic E-state index is -1.23. The second kappa shape index (κ2) is 10.7. The number of aromatic nitrogens is 1. The average molecular weight is 512 g/mol. The van der Waals surface area contributed by atoms with Crippen molar-refractivity contribution in [3.63, 3.8) is 0 Å². The van der Waals surface area contributed by atoms with Gasteiger partial charge in [0.2, 0.25) is 0 Å². The maximum atomic E-state index is 12.8. The smallest absolute Gasteiger partial charge is 0.353 e. The minimum absolute atomic E-state index is 0.118. The van der Waals surface area contributed by atoms with Crippen molar-refractivity contribution in [2.24, 2.45) is 15.9 Å². The molecular formula is C18H21N7O5S3. The molecular weight excluding hydrogens is 490 g/mol. The van der Waals surface area contributed by atoms with Crippen LogP contribution in [0.25, 0.3) is 0 Å². The van der Waals surface area contributed by atoms with Crippen LogP contribution in [0.3, 0.4) is 0 Å². The van der Waals surface area contributed by atoms with Gasteiger partial charge in [0.25, 0.3) is 11.8 Å². The van der Waals surface area contributed by atoms with E-state index in [1.165, 1.54) is 22.9 Å². The van der Waals surface area contributed by atoms with E-state index in [0.29, 0.717) is 16.5 Å². The number of carbonyl (C=O) groups excluding carboxylic acids is 2. The summed E-state index contributed by atoms with van der Waals surface area (Å²) >= 11 is 3.62. The third kappa shape index (κ3) is 5.48. The number of rotatable bonds is 9. The molecule has 3 rings (SSSR count). The fraction of sp³-hybridized carbons (Fsp3) is 0.333. The Morgan fingerprint density at radius 3 is 2.88 bits per heavy atom. The summed E-state index contributed by atoms with van der Waals surface area (Å²) in [4.78, 5) is 52.2. The Morgan fingerprint density at radius 2 is 2.27 bits per heavy atom. The molecule has 3 heterocycles. The molecule has 0 aliphatic carbocycles. The quantitative estimate of drug-likeness (QED) is 0.159. The van der Waals surface area contributed by atoms with Crippen molar-refractivity contribution in [1.82, 2.24) is 15.2 Å². The number of amidine groups is 1. The van der Waals surface area contributed by atoms with E-state index in [9.17, 15) is 19.5 Å². The van der Waals surface area contributed by atoms with Crippen molar-refractivity contribution < 1.29 is 24.3 Å². The highest BCUT2D eigenvalue weighted by atomic mass is 32.2. The van der Waals surface area contributed by atoms with Crippen LogP contribution in [-0.4, -0.2) is 68.1 Å². The Hall–Kier alpha value is -3.04. The van der Waals surface area contributed by atoms with Gasteiger partial charge in [-0.05, 0) is 19.3 Å². The van der Waals surface area contributed by atoms with Gasteiger partial charge in [-0.2, -0.15) is 0 Å². The van der Waals surface area contributed by atoms with Crippen LogP contribution < -0.4 is 16.8 Å². The Balaban J connectivity index is 1.76. The summed E-state index contributed by atoms with van der Waals surface area (Å²) in [5.41, 5.74) is 11.1. The number of fused-ring (bicyclic) bond motifs is 1. The molecule has 1 unspecified atom stereocenters. The summed E-state index contributed by atoms with van der Waals surface area (Å²) in [6, 6.07) is -0.925. The number of carbonyl (C=O) groups is 3. The molecule has 2 amide bonds. The maximum absolute atomic E-state index is 12.8. The van der Waals surface area contributed by atoms with Crippen molar-refractivity contribution >= 4 is 69.3 Å². The first-order chi connectivity index (χ1) is 15.7. The standard InChI is InChI=1S/C18H21N7O5S3/c1-3-30-24-11(9-6-33-18(20)22-9)14(26)23-12-15(27)25-13(17(28)29)10(7-32-16(12)25)31-5-4-21-8(2)19/h4-6,12,16H,3,7H2,1-2H3,(H2,19,21)(H2,20,22)(H,23,26)(H,28,29)/b5-4-,24-11-/t12?,16-/m1/s1. The van der Waals surface area contributed by atoms with Gasteiger partial charge in [0.1, 0.15) is 29.4 Å². The van der Waals surface area contributed by atoms with E-state index in [2.05, 4.69) is 20.4 Å². The fourth-order valence-corrected chi connectivity index (χ4v) is 5.68. The van der Waals surface area contributed by atoms with Gasteiger partial charge in [0, 0.05) is 22.2 Å². The van der Waals surface area contributed by atoms with Crippen LogP contribution in [0.4, 0.5) is 5.13 Å². The highest BCUT2D eigenvalue weighted by Gasteiger charge is 2.54. The van der Waals surface area contributed by atoms with E-state index in [1.54, 1.807) is 24.6 Å². The molecule has 1 aromatic rings. The normalized spacial score (nSPS) is 21.2. The summed E-state index contributed by atoms with van der Waals surface area (Å²) < 4.78 is 0. The number of hydrogen-bond acceptors (Lipinski definition) is 11. The number of carboxylic acid groups (broad SMARTS) is 1. The summed E-state index contributed by atoms with van der Waals surface area (Å²) in [6.45, 7) is 3.55. The third-order valence-electron chi connectivity index (χ3n) is 4.24. The molecule has 33 heavy (non-hydrogen) atoms. The van der Waals surface area contributed by atoms with Gasteiger partial charge in [0.15, 0.2) is 10.8 Å². The monoisotopic (exact) mass is 511 g/mol. The van der Waals surface area contributed by atoms with E-state index < -0.39 is 29.2 Å². The number of thioether (sulfide) groups is 2. The molecule has 0 spiro atoms. The van der Waals surface area contributed by atoms with E-state index in [-0.39, 0.29) is 28.8 Å². The molecule has 2 aliphatic heterocycles. The molecule has 0 bridgehead atoms. The lowest BCUT2D eigenvalue weighted by molar-refractivity contribution is -0.150. The van der Waals surface area contributed by atoms with Crippen molar-refractivity contribution in [1.29, 1.82) is 0 Å². The number of aliphatic imine (C=N–C) groups is 1. The third-order valence-corrected chi connectivity index (χ3v) is 7.25. The van der Waals surface area contributed by atoms with E-state index in [4.69, 9.17) is 16.3 Å². The number of nitrogens with one attached hydrogen (secondary N) is 1. The molecule has 0 saturated carbocycles. The van der Waals surface area contributed by atoms with Crippen LogP contribution in [0.1, 0.15) is 19.5 Å². The van der Waals surface area contributed by atoms with Gasteiger partial charge in [-0.25, -0.2) is 14.8 Å². The number of nitrogens with two attached hydrogens (primary N) is 2. The molecule has 0 aromatic carbocycles. The van der Waals surface area contributed by atoms with Crippen LogP contribution in [0.15, 0.2) is 37.7 Å². The molecule has 2 atom stereocenters. The number of carboxylic acids is 1. The second-order valence-corrected chi connectivity index (χ2v) is 9.54. The van der Waals surface area contributed by atoms with Crippen LogP contribution in [0.5, 0.6) is 0 Å². The minimum Gasteiger partial charge on any atom is -0.477 e. The molecule has 6 N–H and O–H groups in total. The number of hydrogen-bond donors (Lipinski definition) is 4. The van der Waals surface area contributed by atoms with E-state index in [1.807, 2.05) is 0 Å². The zero-order valence-electron chi connectivity index (χ0n) is 17.5. The van der Waals surface area contributed by atoms with Crippen LogP contribution in [0.2, 0.25) is 0 Å². The van der Waals surface area contributed by atoms with Gasteiger partial charge in [-0.3, -0.25) is 14.5 Å². The lowest BCUT2D eigenvalue weighted by Crippen LogP contribution is -2.71. The number of aliphatic carboxylic acids is 1. The van der Waals surface area contributed by atoms with Gasteiger partial charge in [0.05, 0.1) is 5.84 Å². The van der Waals surface area contributed by atoms with Crippen molar-refractivity contribution in [3.05, 3.63) is 33.3 Å². The van der Waals surface area contributed by atoms with Gasteiger partial charge in [-0.15, -0.1) is 23.1 Å². The number of β-lactam (4-membered cyclic amide) rings is 1. The predicted molar refractivity (Wildman–Crippen MR) is 128 cm³/mol. The Labute approximate surface area is 201 Å². The number of anilines is 1. The number of thiazole rings is 1. The summed E-state index contributed by atoms with van der Waals surface area (Å²) in [6.07, 6.45) is 1.45. The Bertz CT molecular complexity index is 1080. The van der Waals surface area contributed by atoms with Crippen LogP contribution >= 0.6 is 34.9 Å². The highest BCUT2D eigenvalue weighted by molar-refractivity contribution is 8.08. The van der Waals surface area contributed by atoms with Crippen LogP contribution in [0, 0.1) is 0 Å². The summed E-state index contributed by atoms with van der Waals surface area (Å²) in [5, 5.41) is 18.9. The topological polar surface area (TPSA) is 186 Å². The molecule has 1 fully saturated rings. The Kier molecular flexibility index (Phi) is 7.99. The number of amides is 2. The molecule has 2 aliphatic rings. The number of nitrogen functional groups attached to an aromatic ring is 1. The van der Waals surface area contributed by atoms with E-state index >= 15 is 0 Å². The van der Waals surface area contributed by atoms with Gasteiger partial charge in [-0.1, -0.05) is 16.9 Å². The first kappa shape index (κ1) is 24.6. The van der Waals surface area contributed by atoms with Crippen molar-refractivity contribution in [2.75, 3.05) is 18.1 Å². The molecule has 176 valence electrons. The van der Waals surface area contributed by atoms with Crippen molar-refractivity contribution in [2.45, 2.75) is 25.3 Å². The zero-order chi connectivity index (χ0) is 24.1. The largest absolute Gasteiger partial charge is 0.477 e. The van der Waals surface area contributed by atoms with Crippen molar-refractivity contribution in [3.8, 4) is 0 Å². The first-order valence-electron chi connectivity index (χ1n) is 9.49. The lowest BCUT2D eigenvalue weighted by Gasteiger charge is -2.49. The molecule has 1 saturated heterocycles. The van der Waals surface area contributed by atoms with Gasteiger partial charge >= 0.3 is 5.97 Å². The molecule has 0 radical (unpaired) electrons. The highest BCUT2D eigenvalue weighted by Crippen LogP contribution is 2.43. The summed E-state index contributed by atoms with van der Waals surface area (Å²) in [5.74, 6) is -1.74. The molecule has 12 nitrogen and oxygen atoms in total. The SMILES string of the molecule is CCO/N=C(\C(=O)NC1C(=O)N2C(C(=O)O)=C(S/C=C\N=C(C)N)CS[C@H]12)c1csc(N)n1. The molecule has 15 heteroatoms. The Morgan fingerprint density at radius 1 is 1.52 bits per heavy atom.